The van der Waals surface area contributed by atoms with Gasteiger partial charge in [0.1, 0.15) is 0 Å². The van der Waals surface area contributed by atoms with Crippen LogP contribution in [0.2, 0.25) is 0 Å². The number of hydrogen-bond donors (Lipinski definition) is 1. The number of anilines is 1. The van der Waals surface area contributed by atoms with Gasteiger partial charge in [-0.15, -0.1) is 0 Å². The Morgan fingerprint density at radius 1 is 1.22 bits per heavy atom. The van der Waals surface area contributed by atoms with Crippen LogP contribution in [-0.4, -0.2) is 44.7 Å². The third-order valence-electron chi connectivity index (χ3n) is 4.43. The molecule has 1 fully saturated rings. The highest BCUT2D eigenvalue weighted by Gasteiger charge is 2.29. The first-order valence-corrected chi connectivity index (χ1v) is 6.93. The van der Waals surface area contributed by atoms with Crippen molar-refractivity contribution in [3.63, 3.8) is 0 Å². The van der Waals surface area contributed by atoms with Crippen molar-refractivity contribution in [3.8, 4) is 0 Å². The largest absolute Gasteiger partial charge is 0.374 e. The van der Waals surface area contributed by atoms with Gasteiger partial charge >= 0.3 is 0 Å². The van der Waals surface area contributed by atoms with E-state index in [4.69, 9.17) is 5.73 Å². The molecule has 2 heterocycles. The fraction of sp³-hybridized carbons (Fsp3) is 0.600. The van der Waals surface area contributed by atoms with E-state index in [1.54, 1.807) is 0 Å². The number of fused-ring (bicyclic) bond motifs is 1. The van der Waals surface area contributed by atoms with Gasteiger partial charge in [0.15, 0.2) is 0 Å². The molecular formula is C15H23N3. The number of hydrogen-bond acceptors (Lipinski definition) is 3. The van der Waals surface area contributed by atoms with Crippen molar-refractivity contribution in [1.82, 2.24) is 4.90 Å². The number of benzene rings is 1. The number of likely N-dealkylation sites (N-methyl/N-ethyl adjacent to an activating group) is 1. The summed E-state index contributed by atoms with van der Waals surface area (Å²) < 4.78 is 0. The molecule has 1 saturated heterocycles. The highest BCUT2D eigenvalue weighted by Crippen LogP contribution is 2.32. The van der Waals surface area contributed by atoms with E-state index in [-0.39, 0.29) is 6.04 Å². The molecule has 18 heavy (non-hydrogen) atoms. The summed E-state index contributed by atoms with van der Waals surface area (Å²) in [7, 11) is 4.35. The zero-order chi connectivity index (χ0) is 12.7. The lowest BCUT2D eigenvalue weighted by atomic mass is 9.90. The molecule has 0 saturated carbocycles. The summed E-state index contributed by atoms with van der Waals surface area (Å²) in [6.07, 6.45) is 2.48. The fourth-order valence-corrected chi connectivity index (χ4v) is 3.42. The third-order valence-corrected chi connectivity index (χ3v) is 4.43. The highest BCUT2D eigenvalue weighted by atomic mass is 15.1. The van der Waals surface area contributed by atoms with Crippen molar-refractivity contribution >= 4 is 5.69 Å². The van der Waals surface area contributed by atoms with Crippen LogP contribution in [0.1, 0.15) is 23.5 Å². The summed E-state index contributed by atoms with van der Waals surface area (Å²) in [6.45, 7) is 3.29. The number of rotatable bonds is 1. The van der Waals surface area contributed by atoms with Crippen LogP contribution in [0, 0.1) is 0 Å². The van der Waals surface area contributed by atoms with Gasteiger partial charge in [-0.05, 0) is 37.1 Å². The van der Waals surface area contributed by atoms with E-state index in [0.717, 1.165) is 13.1 Å². The summed E-state index contributed by atoms with van der Waals surface area (Å²) >= 11 is 0. The Morgan fingerprint density at radius 2 is 2.06 bits per heavy atom. The first-order valence-electron chi connectivity index (χ1n) is 6.93. The minimum absolute atomic E-state index is 0.286. The molecule has 0 spiro atoms. The van der Waals surface area contributed by atoms with E-state index in [0.29, 0.717) is 5.92 Å². The molecule has 0 aromatic heterocycles. The van der Waals surface area contributed by atoms with Crippen molar-refractivity contribution in [3.05, 3.63) is 29.3 Å². The molecule has 0 radical (unpaired) electrons. The van der Waals surface area contributed by atoms with E-state index in [2.05, 4.69) is 42.1 Å². The Labute approximate surface area is 110 Å². The zero-order valence-electron chi connectivity index (χ0n) is 11.4. The van der Waals surface area contributed by atoms with E-state index in [1.165, 1.54) is 36.2 Å². The lowest BCUT2D eigenvalue weighted by Gasteiger charge is -2.28. The van der Waals surface area contributed by atoms with E-state index < -0.39 is 0 Å². The van der Waals surface area contributed by atoms with Crippen LogP contribution < -0.4 is 10.6 Å². The monoisotopic (exact) mass is 245 g/mol. The van der Waals surface area contributed by atoms with Gasteiger partial charge in [-0.3, -0.25) is 0 Å². The van der Waals surface area contributed by atoms with Gasteiger partial charge in [-0.1, -0.05) is 12.1 Å². The zero-order valence-corrected chi connectivity index (χ0v) is 11.4. The maximum Gasteiger partial charge on any atom is 0.0396 e. The quantitative estimate of drug-likeness (QED) is 0.812. The Hall–Kier alpha value is -1.06. The van der Waals surface area contributed by atoms with Crippen LogP contribution >= 0.6 is 0 Å². The second-order valence-corrected chi connectivity index (χ2v) is 5.90. The predicted molar refractivity (Wildman–Crippen MR) is 76.2 cm³/mol. The first kappa shape index (κ1) is 12.0. The van der Waals surface area contributed by atoms with Crippen LogP contribution in [0.15, 0.2) is 18.2 Å². The van der Waals surface area contributed by atoms with Gasteiger partial charge in [0.2, 0.25) is 0 Å². The van der Waals surface area contributed by atoms with Gasteiger partial charge in [0.25, 0.3) is 0 Å². The average Bonchev–Trinajstić information content (AvgIpc) is 2.68. The molecule has 3 heteroatoms. The smallest absolute Gasteiger partial charge is 0.0396 e. The number of nitrogens with two attached hydrogens (primary N) is 1. The molecule has 3 rings (SSSR count). The first-order chi connectivity index (χ1) is 8.65. The molecule has 2 atom stereocenters. The molecule has 0 amide bonds. The van der Waals surface area contributed by atoms with Crippen LogP contribution in [0.4, 0.5) is 5.69 Å². The van der Waals surface area contributed by atoms with Gasteiger partial charge < -0.3 is 15.5 Å². The minimum Gasteiger partial charge on any atom is -0.374 e. The Morgan fingerprint density at radius 3 is 2.78 bits per heavy atom. The normalized spacial score (nSPS) is 28.5. The van der Waals surface area contributed by atoms with Gasteiger partial charge in [-0.25, -0.2) is 0 Å². The third kappa shape index (κ3) is 2.02. The van der Waals surface area contributed by atoms with Crippen LogP contribution in [0.3, 0.4) is 0 Å². The van der Waals surface area contributed by atoms with Crippen LogP contribution in [0.5, 0.6) is 0 Å². The number of likely N-dealkylation sites (tertiary alicyclic amines) is 1. The number of nitrogens with zero attached hydrogens (tertiary/aromatic N) is 2. The van der Waals surface area contributed by atoms with E-state index in [1.807, 2.05) is 0 Å². The van der Waals surface area contributed by atoms with Gasteiger partial charge in [0, 0.05) is 44.3 Å². The molecule has 0 bridgehead atoms. The Kier molecular flexibility index (Phi) is 3.04. The van der Waals surface area contributed by atoms with Crippen LogP contribution in [0.25, 0.3) is 0 Å². The molecular weight excluding hydrogens is 222 g/mol. The molecule has 98 valence electrons. The predicted octanol–water partition coefficient (Wildman–Crippen LogP) is 1.43. The Balaban J connectivity index is 1.90. The number of aryl methyl sites for hydroxylation is 1. The van der Waals surface area contributed by atoms with Crippen molar-refractivity contribution < 1.29 is 0 Å². The molecule has 2 aliphatic rings. The second kappa shape index (κ2) is 4.56. The topological polar surface area (TPSA) is 32.5 Å². The summed E-state index contributed by atoms with van der Waals surface area (Å²) in [6, 6.07) is 7.25. The molecule has 0 aliphatic carbocycles. The standard InChI is InChI=1S/C15H23N3/c1-17-9-13(14(16)10-17)11-5-6-15-12(8-11)4-3-7-18(15)2/h5-6,8,13-14H,3-4,7,9-10,16H2,1-2H3. The second-order valence-electron chi connectivity index (χ2n) is 5.90. The van der Waals surface area contributed by atoms with Crippen LogP contribution in [-0.2, 0) is 6.42 Å². The summed E-state index contributed by atoms with van der Waals surface area (Å²) in [4.78, 5) is 4.70. The van der Waals surface area contributed by atoms with Gasteiger partial charge in [-0.2, -0.15) is 0 Å². The molecule has 1 aromatic rings. The van der Waals surface area contributed by atoms with Gasteiger partial charge in [0.05, 0.1) is 0 Å². The lowest BCUT2D eigenvalue weighted by molar-refractivity contribution is 0.407. The summed E-state index contributed by atoms with van der Waals surface area (Å²) in [5.41, 5.74) is 10.6. The fourth-order valence-electron chi connectivity index (χ4n) is 3.42. The maximum atomic E-state index is 6.25. The molecule has 3 nitrogen and oxygen atoms in total. The molecule has 2 unspecified atom stereocenters. The minimum atomic E-state index is 0.286. The molecule has 2 N–H and O–H groups in total. The van der Waals surface area contributed by atoms with Crippen molar-refractivity contribution in [2.75, 3.05) is 38.6 Å². The summed E-state index contributed by atoms with van der Waals surface area (Å²) in [5, 5.41) is 0. The average molecular weight is 245 g/mol. The SMILES string of the molecule is CN1CC(N)C(c2ccc3c(c2)CCCN3C)C1. The highest BCUT2D eigenvalue weighted by molar-refractivity contribution is 5.56. The maximum absolute atomic E-state index is 6.25. The lowest BCUT2D eigenvalue weighted by Crippen LogP contribution is -2.28. The van der Waals surface area contributed by atoms with E-state index in [9.17, 15) is 0 Å². The molecule has 1 aromatic carbocycles. The Bertz CT molecular complexity index is 443. The van der Waals surface area contributed by atoms with Crippen molar-refractivity contribution in [1.29, 1.82) is 0 Å². The van der Waals surface area contributed by atoms with Crippen molar-refractivity contribution in [2.45, 2.75) is 24.8 Å². The molecule has 2 aliphatic heterocycles. The van der Waals surface area contributed by atoms with Crippen molar-refractivity contribution in [2.24, 2.45) is 5.73 Å². The van der Waals surface area contributed by atoms with E-state index >= 15 is 0 Å². The summed E-state index contributed by atoms with van der Waals surface area (Å²) in [5.74, 6) is 0.507.